The van der Waals surface area contributed by atoms with Crippen LogP contribution in [0, 0.1) is 0 Å². The summed E-state index contributed by atoms with van der Waals surface area (Å²) in [4.78, 5) is 12.0. The molecule has 0 spiro atoms. The molecule has 4 nitrogen and oxygen atoms in total. The highest BCUT2D eigenvalue weighted by atomic mass is 16.3. The summed E-state index contributed by atoms with van der Waals surface area (Å²) in [5.41, 5.74) is 4.30. The van der Waals surface area contributed by atoms with Crippen molar-refractivity contribution in [3.05, 3.63) is 77.9 Å². The maximum atomic E-state index is 12.0. The summed E-state index contributed by atoms with van der Waals surface area (Å²) >= 11 is 0. The van der Waals surface area contributed by atoms with E-state index in [1.807, 2.05) is 49.4 Å². The first-order valence-electron chi connectivity index (χ1n) is 7.27. The van der Waals surface area contributed by atoms with E-state index in [1.54, 1.807) is 18.2 Å². The SMILES string of the molecule is C/C(=N/NC(=O)c1ccccc1O)c1ccc2ccccc2c1. The molecule has 3 rings (SSSR count). The standard InChI is InChI=1S/C19H16N2O2/c1-13(15-11-10-14-6-2-3-7-16(14)12-15)20-21-19(23)17-8-4-5-9-18(17)22/h2-12,22H,1H3,(H,21,23)/b20-13-. The Labute approximate surface area is 134 Å². The molecule has 4 heteroatoms. The lowest BCUT2D eigenvalue weighted by Gasteiger charge is -2.05. The number of benzene rings is 3. The van der Waals surface area contributed by atoms with Gasteiger partial charge in [-0.2, -0.15) is 5.10 Å². The van der Waals surface area contributed by atoms with E-state index in [9.17, 15) is 9.90 Å². The number of rotatable bonds is 3. The molecule has 3 aromatic carbocycles. The highest BCUT2D eigenvalue weighted by Crippen LogP contribution is 2.17. The van der Waals surface area contributed by atoms with Crippen molar-refractivity contribution in [1.29, 1.82) is 0 Å². The monoisotopic (exact) mass is 304 g/mol. The van der Waals surface area contributed by atoms with Gasteiger partial charge in [-0.3, -0.25) is 4.79 Å². The first-order chi connectivity index (χ1) is 11.1. The Bertz CT molecular complexity index is 901. The molecule has 2 N–H and O–H groups in total. The molecule has 0 aliphatic heterocycles. The van der Waals surface area contributed by atoms with Gasteiger partial charge in [-0.25, -0.2) is 5.43 Å². The fourth-order valence-corrected chi connectivity index (χ4v) is 2.34. The van der Waals surface area contributed by atoms with Crippen LogP contribution in [0.1, 0.15) is 22.8 Å². The third kappa shape index (κ3) is 3.21. The topological polar surface area (TPSA) is 61.7 Å². The van der Waals surface area contributed by atoms with Crippen LogP contribution in [0.15, 0.2) is 71.8 Å². The molecule has 0 fully saturated rings. The second-order valence-corrected chi connectivity index (χ2v) is 5.22. The number of phenols is 1. The predicted octanol–water partition coefficient (Wildman–Crippen LogP) is 3.70. The average Bonchev–Trinajstić information content (AvgIpc) is 2.59. The number of para-hydroxylation sites is 1. The zero-order valence-corrected chi connectivity index (χ0v) is 12.7. The molecule has 0 aromatic heterocycles. The van der Waals surface area contributed by atoms with Crippen LogP contribution in [0.3, 0.4) is 0 Å². The van der Waals surface area contributed by atoms with Gasteiger partial charge in [0.25, 0.3) is 5.91 Å². The van der Waals surface area contributed by atoms with Gasteiger partial charge < -0.3 is 5.11 Å². The zero-order valence-electron chi connectivity index (χ0n) is 12.7. The Morgan fingerprint density at radius 2 is 1.65 bits per heavy atom. The molecule has 0 saturated carbocycles. The average molecular weight is 304 g/mol. The molecule has 114 valence electrons. The van der Waals surface area contributed by atoms with E-state index in [0.29, 0.717) is 5.71 Å². The van der Waals surface area contributed by atoms with Crippen LogP contribution < -0.4 is 5.43 Å². The fraction of sp³-hybridized carbons (Fsp3) is 0.0526. The number of fused-ring (bicyclic) bond motifs is 1. The molecule has 0 bridgehead atoms. The molecule has 0 aliphatic carbocycles. The van der Waals surface area contributed by atoms with Gasteiger partial charge in [0, 0.05) is 0 Å². The van der Waals surface area contributed by atoms with Crippen molar-refractivity contribution in [1.82, 2.24) is 5.43 Å². The molecule has 0 atom stereocenters. The van der Waals surface area contributed by atoms with Crippen LogP contribution in [0.2, 0.25) is 0 Å². The molecule has 0 heterocycles. The van der Waals surface area contributed by atoms with E-state index >= 15 is 0 Å². The van der Waals surface area contributed by atoms with E-state index in [-0.39, 0.29) is 11.3 Å². The molecule has 0 radical (unpaired) electrons. The van der Waals surface area contributed by atoms with Crippen molar-refractivity contribution in [3.8, 4) is 5.75 Å². The lowest BCUT2D eigenvalue weighted by atomic mass is 10.0. The van der Waals surface area contributed by atoms with E-state index in [1.165, 1.54) is 6.07 Å². The van der Waals surface area contributed by atoms with Gasteiger partial charge in [0.2, 0.25) is 0 Å². The lowest BCUT2D eigenvalue weighted by Crippen LogP contribution is -2.19. The largest absolute Gasteiger partial charge is 0.507 e. The van der Waals surface area contributed by atoms with Crippen molar-refractivity contribution in [2.24, 2.45) is 5.10 Å². The lowest BCUT2D eigenvalue weighted by molar-refractivity contribution is 0.0952. The summed E-state index contributed by atoms with van der Waals surface area (Å²) < 4.78 is 0. The first kappa shape index (κ1) is 14.8. The third-order valence-corrected chi connectivity index (χ3v) is 3.64. The predicted molar refractivity (Wildman–Crippen MR) is 91.7 cm³/mol. The van der Waals surface area contributed by atoms with Crippen LogP contribution in [0.25, 0.3) is 10.8 Å². The van der Waals surface area contributed by atoms with Crippen molar-refractivity contribution >= 4 is 22.4 Å². The highest BCUT2D eigenvalue weighted by molar-refractivity contribution is 6.03. The number of nitrogens with one attached hydrogen (secondary N) is 1. The van der Waals surface area contributed by atoms with Gasteiger partial charge in [0.05, 0.1) is 11.3 Å². The first-order valence-corrected chi connectivity index (χ1v) is 7.27. The molecule has 0 unspecified atom stereocenters. The van der Waals surface area contributed by atoms with E-state index in [2.05, 4.69) is 10.5 Å². The minimum Gasteiger partial charge on any atom is -0.507 e. The molecular formula is C19H16N2O2. The molecule has 0 aliphatic rings. The number of amides is 1. The van der Waals surface area contributed by atoms with Crippen molar-refractivity contribution < 1.29 is 9.90 Å². The van der Waals surface area contributed by atoms with E-state index in [4.69, 9.17) is 0 Å². The number of hydrogen-bond donors (Lipinski definition) is 2. The minimum absolute atomic E-state index is 0.0661. The van der Waals surface area contributed by atoms with E-state index in [0.717, 1.165) is 16.3 Å². The molecule has 3 aromatic rings. The van der Waals surface area contributed by atoms with Crippen molar-refractivity contribution in [3.63, 3.8) is 0 Å². The number of phenolic OH excluding ortho intramolecular Hbond substituents is 1. The summed E-state index contributed by atoms with van der Waals surface area (Å²) in [6.45, 7) is 1.83. The summed E-state index contributed by atoms with van der Waals surface area (Å²) in [5.74, 6) is -0.508. The quantitative estimate of drug-likeness (QED) is 0.572. The van der Waals surface area contributed by atoms with E-state index < -0.39 is 5.91 Å². The van der Waals surface area contributed by atoms with Crippen LogP contribution in [-0.2, 0) is 0 Å². The Hall–Kier alpha value is -3.14. The maximum absolute atomic E-state index is 12.0. The Kier molecular flexibility index (Phi) is 4.06. The normalized spacial score (nSPS) is 11.4. The van der Waals surface area contributed by atoms with Crippen LogP contribution >= 0.6 is 0 Å². The maximum Gasteiger partial charge on any atom is 0.275 e. The van der Waals surface area contributed by atoms with Crippen molar-refractivity contribution in [2.75, 3.05) is 0 Å². The number of nitrogens with zero attached hydrogens (tertiary/aromatic N) is 1. The van der Waals surface area contributed by atoms with Crippen LogP contribution in [0.5, 0.6) is 5.75 Å². The number of hydrazone groups is 1. The van der Waals surface area contributed by atoms with Gasteiger partial charge >= 0.3 is 0 Å². The number of carbonyl (C=O) groups excluding carboxylic acids is 1. The smallest absolute Gasteiger partial charge is 0.275 e. The number of hydrogen-bond acceptors (Lipinski definition) is 3. The molecular weight excluding hydrogens is 288 g/mol. The Morgan fingerprint density at radius 1 is 0.957 bits per heavy atom. The summed E-state index contributed by atoms with van der Waals surface area (Å²) in [7, 11) is 0. The summed E-state index contributed by atoms with van der Waals surface area (Å²) in [6.07, 6.45) is 0. The Balaban J connectivity index is 1.81. The zero-order chi connectivity index (χ0) is 16.2. The second kappa shape index (κ2) is 6.32. The van der Waals surface area contributed by atoms with Gasteiger partial charge in [0.1, 0.15) is 5.75 Å². The molecule has 0 saturated heterocycles. The van der Waals surface area contributed by atoms with Gasteiger partial charge in [0.15, 0.2) is 0 Å². The third-order valence-electron chi connectivity index (χ3n) is 3.64. The summed E-state index contributed by atoms with van der Waals surface area (Å²) in [6, 6.07) is 20.4. The van der Waals surface area contributed by atoms with Gasteiger partial charge in [-0.05, 0) is 41.5 Å². The second-order valence-electron chi connectivity index (χ2n) is 5.22. The highest BCUT2D eigenvalue weighted by Gasteiger charge is 2.09. The van der Waals surface area contributed by atoms with Gasteiger partial charge in [-0.1, -0.05) is 48.5 Å². The fourth-order valence-electron chi connectivity index (χ4n) is 2.34. The molecule has 23 heavy (non-hydrogen) atoms. The van der Waals surface area contributed by atoms with Gasteiger partial charge in [-0.15, -0.1) is 0 Å². The van der Waals surface area contributed by atoms with Crippen molar-refractivity contribution in [2.45, 2.75) is 6.92 Å². The van der Waals surface area contributed by atoms with Crippen LogP contribution in [0.4, 0.5) is 0 Å². The number of carbonyl (C=O) groups is 1. The minimum atomic E-state index is -0.441. The number of aromatic hydroxyl groups is 1. The Morgan fingerprint density at radius 3 is 2.43 bits per heavy atom. The molecule has 1 amide bonds. The van der Waals surface area contributed by atoms with Crippen LogP contribution in [-0.4, -0.2) is 16.7 Å². The summed E-state index contributed by atoms with van der Waals surface area (Å²) in [5, 5.41) is 16.1.